The Hall–Kier alpha value is -0.880. The van der Waals surface area contributed by atoms with E-state index in [1.165, 1.54) is 0 Å². The maximum atomic E-state index is 5.35. The van der Waals surface area contributed by atoms with E-state index in [-0.39, 0.29) is 0 Å². The highest BCUT2D eigenvalue weighted by molar-refractivity contribution is 9.10. The molecule has 0 aromatic carbocycles. The number of anilines is 1. The summed E-state index contributed by atoms with van der Waals surface area (Å²) >= 11 is 4.83. The van der Waals surface area contributed by atoms with Crippen LogP contribution >= 0.6 is 27.3 Å². The zero-order valence-corrected chi connectivity index (χ0v) is 10.6. The van der Waals surface area contributed by atoms with Crippen LogP contribution in [0.3, 0.4) is 0 Å². The first-order valence-corrected chi connectivity index (χ1v) is 6.19. The molecule has 1 N–H and O–H groups in total. The van der Waals surface area contributed by atoms with E-state index in [0.29, 0.717) is 6.54 Å². The van der Waals surface area contributed by atoms with Crippen molar-refractivity contribution in [1.29, 1.82) is 0 Å². The van der Waals surface area contributed by atoms with Gasteiger partial charge in [0, 0.05) is 0 Å². The van der Waals surface area contributed by atoms with Gasteiger partial charge in [-0.3, -0.25) is 0 Å². The van der Waals surface area contributed by atoms with E-state index in [9.17, 15) is 0 Å². The molecule has 0 unspecified atom stereocenters. The van der Waals surface area contributed by atoms with Crippen LogP contribution in [0, 0.1) is 0 Å². The molecule has 0 atom stereocenters. The topological polar surface area (TPSA) is 51.0 Å². The summed E-state index contributed by atoms with van der Waals surface area (Å²) in [5, 5.41) is 13.1. The average molecular weight is 288 g/mol. The molecular formula is C9H10BrN3OS. The van der Waals surface area contributed by atoms with E-state index in [1.807, 2.05) is 12.1 Å². The third kappa shape index (κ3) is 2.79. The lowest BCUT2D eigenvalue weighted by Gasteiger charge is -1.96. The SMILES string of the molecule is CCc1nnc(NCc2ccc(Br)o2)s1. The molecule has 15 heavy (non-hydrogen) atoms. The summed E-state index contributed by atoms with van der Waals surface area (Å²) in [4.78, 5) is 0. The smallest absolute Gasteiger partial charge is 0.206 e. The van der Waals surface area contributed by atoms with Crippen LogP contribution in [-0.4, -0.2) is 10.2 Å². The second-order valence-corrected chi connectivity index (χ2v) is 4.76. The molecule has 2 heterocycles. The third-order valence-corrected chi connectivity index (χ3v) is 3.26. The molecule has 0 saturated heterocycles. The summed E-state index contributed by atoms with van der Waals surface area (Å²) in [5.41, 5.74) is 0. The standard InChI is InChI=1S/C9H10BrN3OS/c1-2-8-12-13-9(15-8)11-5-6-3-4-7(10)14-6/h3-4H,2,5H2,1H3,(H,11,13). The van der Waals surface area contributed by atoms with Crippen molar-refractivity contribution < 1.29 is 4.42 Å². The second kappa shape index (κ2) is 4.76. The lowest BCUT2D eigenvalue weighted by atomic mass is 10.4. The van der Waals surface area contributed by atoms with E-state index in [0.717, 1.165) is 27.0 Å². The number of furan rings is 1. The molecule has 0 spiro atoms. The fourth-order valence-corrected chi connectivity index (χ4v) is 2.09. The van der Waals surface area contributed by atoms with Crippen molar-refractivity contribution in [2.75, 3.05) is 5.32 Å². The van der Waals surface area contributed by atoms with Gasteiger partial charge in [0.25, 0.3) is 0 Å². The molecule has 2 rings (SSSR count). The van der Waals surface area contributed by atoms with E-state index in [2.05, 4.69) is 38.4 Å². The maximum absolute atomic E-state index is 5.35. The van der Waals surface area contributed by atoms with E-state index in [1.54, 1.807) is 11.3 Å². The van der Waals surface area contributed by atoms with Crippen LogP contribution in [0.4, 0.5) is 5.13 Å². The van der Waals surface area contributed by atoms with Gasteiger partial charge in [-0.05, 0) is 34.5 Å². The summed E-state index contributed by atoms with van der Waals surface area (Å²) in [7, 11) is 0. The van der Waals surface area contributed by atoms with Crippen LogP contribution in [-0.2, 0) is 13.0 Å². The zero-order valence-electron chi connectivity index (χ0n) is 8.16. The van der Waals surface area contributed by atoms with Gasteiger partial charge in [0.2, 0.25) is 5.13 Å². The van der Waals surface area contributed by atoms with Gasteiger partial charge >= 0.3 is 0 Å². The fourth-order valence-electron chi connectivity index (χ4n) is 1.08. The van der Waals surface area contributed by atoms with Crippen molar-refractivity contribution in [3.8, 4) is 0 Å². The minimum Gasteiger partial charge on any atom is -0.452 e. The second-order valence-electron chi connectivity index (χ2n) is 2.91. The van der Waals surface area contributed by atoms with Crippen LogP contribution in [0.15, 0.2) is 21.2 Å². The molecule has 6 heteroatoms. The molecule has 0 aliphatic rings. The fraction of sp³-hybridized carbons (Fsp3) is 0.333. The van der Waals surface area contributed by atoms with Crippen LogP contribution in [0.5, 0.6) is 0 Å². The van der Waals surface area contributed by atoms with E-state index < -0.39 is 0 Å². The minimum atomic E-state index is 0.629. The predicted molar refractivity (Wildman–Crippen MR) is 63.0 cm³/mol. The summed E-state index contributed by atoms with van der Waals surface area (Å²) in [5.74, 6) is 0.870. The molecule has 2 aromatic rings. The number of halogens is 1. The Morgan fingerprint density at radius 2 is 2.33 bits per heavy atom. The number of aromatic nitrogens is 2. The largest absolute Gasteiger partial charge is 0.452 e. The third-order valence-electron chi connectivity index (χ3n) is 1.81. The highest BCUT2D eigenvalue weighted by Crippen LogP contribution is 2.18. The predicted octanol–water partition coefficient (Wildman–Crippen LogP) is 3.07. The number of aryl methyl sites for hydroxylation is 1. The van der Waals surface area contributed by atoms with E-state index >= 15 is 0 Å². The molecule has 0 amide bonds. The summed E-state index contributed by atoms with van der Waals surface area (Å²) in [6, 6.07) is 3.79. The first-order chi connectivity index (χ1) is 7.28. The number of hydrogen-bond donors (Lipinski definition) is 1. The Bertz CT molecular complexity index is 440. The van der Waals surface area contributed by atoms with Gasteiger partial charge < -0.3 is 9.73 Å². The summed E-state index contributed by atoms with van der Waals surface area (Å²) in [6.07, 6.45) is 0.922. The van der Waals surface area contributed by atoms with Gasteiger partial charge in [-0.2, -0.15) is 0 Å². The van der Waals surface area contributed by atoms with Crippen molar-refractivity contribution in [3.63, 3.8) is 0 Å². The van der Waals surface area contributed by atoms with Gasteiger partial charge in [0.1, 0.15) is 10.8 Å². The number of nitrogens with zero attached hydrogens (tertiary/aromatic N) is 2. The molecule has 4 nitrogen and oxygen atoms in total. The quantitative estimate of drug-likeness (QED) is 0.939. The lowest BCUT2D eigenvalue weighted by molar-refractivity contribution is 0.495. The number of rotatable bonds is 4. The van der Waals surface area contributed by atoms with Crippen molar-refractivity contribution in [1.82, 2.24) is 10.2 Å². The summed E-state index contributed by atoms with van der Waals surface area (Å²) < 4.78 is 6.09. The molecular weight excluding hydrogens is 278 g/mol. The van der Waals surface area contributed by atoms with Crippen molar-refractivity contribution >= 4 is 32.4 Å². The van der Waals surface area contributed by atoms with Crippen LogP contribution in [0.25, 0.3) is 0 Å². The molecule has 0 radical (unpaired) electrons. The minimum absolute atomic E-state index is 0.629. The first kappa shape index (κ1) is 10.6. The molecule has 0 aliphatic carbocycles. The number of hydrogen-bond acceptors (Lipinski definition) is 5. The Kier molecular flexibility index (Phi) is 3.37. The average Bonchev–Trinajstić information content (AvgIpc) is 2.83. The first-order valence-electron chi connectivity index (χ1n) is 4.58. The van der Waals surface area contributed by atoms with Gasteiger partial charge in [-0.25, -0.2) is 0 Å². The molecule has 0 aliphatic heterocycles. The summed E-state index contributed by atoms with van der Waals surface area (Å²) in [6.45, 7) is 2.69. The van der Waals surface area contributed by atoms with Gasteiger partial charge in [0.15, 0.2) is 4.67 Å². The maximum Gasteiger partial charge on any atom is 0.206 e. The van der Waals surface area contributed by atoms with Crippen molar-refractivity contribution in [3.05, 3.63) is 27.6 Å². The Morgan fingerprint density at radius 3 is 2.93 bits per heavy atom. The Balaban J connectivity index is 1.93. The number of nitrogens with one attached hydrogen (secondary N) is 1. The molecule has 0 saturated carbocycles. The van der Waals surface area contributed by atoms with Crippen molar-refractivity contribution in [2.24, 2.45) is 0 Å². The lowest BCUT2D eigenvalue weighted by Crippen LogP contribution is -1.97. The molecule has 0 bridgehead atoms. The molecule has 0 fully saturated rings. The van der Waals surface area contributed by atoms with Crippen LogP contribution in [0.1, 0.15) is 17.7 Å². The van der Waals surface area contributed by atoms with Gasteiger partial charge in [-0.15, -0.1) is 10.2 Å². The monoisotopic (exact) mass is 287 g/mol. The molecule has 2 aromatic heterocycles. The highest BCUT2D eigenvalue weighted by Gasteiger charge is 2.03. The highest BCUT2D eigenvalue weighted by atomic mass is 79.9. The van der Waals surface area contributed by atoms with Gasteiger partial charge in [-0.1, -0.05) is 18.3 Å². The zero-order chi connectivity index (χ0) is 10.7. The van der Waals surface area contributed by atoms with Crippen LogP contribution < -0.4 is 5.32 Å². The van der Waals surface area contributed by atoms with Crippen molar-refractivity contribution in [2.45, 2.75) is 19.9 Å². The normalized spacial score (nSPS) is 10.5. The Labute approximate surface area is 99.8 Å². The van der Waals surface area contributed by atoms with Gasteiger partial charge in [0.05, 0.1) is 6.54 Å². The van der Waals surface area contributed by atoms with Crippen LogP contribution in [0.2, 0.25) is 0 Å². The Morgan fingerprint density at radius 1 is 1.47 bits per heavy atom. The van der Waals surface area contributed by atoms with E-state index in [4.69, 9.17) is 4.42 Å². The molecule has 80 valence electrons.